The Morgan fingerprint density at radius 1 is 1.12 bits per heavy atom. The molecule has 25 heavy (non-hydrogen) atoms. The molecule has 3 aromatic rings. The van der Waals surface area contributed by atoms with Crippen LogP contribution < -0.4 is 4.74 Å². The molecular formula is C18H19NO4S2. The number of benzene rings is 1. The molecule has 0 atom stereocenters. The second-order valence-electron chi connectivity index (χ2n) is 5.36. The van der Waals surface area contributed by atoms with Crippen LogP contribution in [0.2, 0.25) is 0 Å². The maximum Gasteiger partial charge on any atom is 0.247 e. The molecule has 7 heteroatoms. The normalized spacial score (nSPS) is 11.8. The number of nitrogens with zero attached hydrogens (tertiary/aromatic N) is 1. The van der Waals surface area contributed by atoms with E-state index in [4.69, 9.17) is 9.15 Å². The number of sulfonamides is 1. The van der Waals surface area contributed by atoms with Crippen LogP contribution in [0.15, 0.2) is 69.7 Å². The second kappa shape index (κ2) is 7.86. The van der Waals surface area contributed by atoms with Crippen LogP contribution in [-0.2, 0) is 23.1 Å². The molecule has 0 amide bonds. The molecule has 0 N–H and O–H groups in total. The van der Waals surface area contributed by atoms with E-state index in [-0.39, 0.29) is 11.4 Å². The number of rotatable bonds is 8. The first-order chi connectivity index (χ1) is 12.1. The quantitative estimate of drug-likeness (QED) is 0.592. The van der Waals surface area contributed by atoms with Crippen LogP contribution in [0.5, 0.6) is 5.75 Å². The minimum absolute atomic E-state index is 0.178. The molecule has 2 aromatic heterocycles. The number of ether oxygens (including phenoxy) is 1. The molecule has 0 saturated heterocycles. The molecular weight excluding hydrogens is 358 g/mol. The van der Waals surface area contributed by atoms with Crippen molar-refractivity contribution < 1.29 is 17.6 Å². The zero-order valence-corrected chi connectivity index (χ0v) is 15.4. The minimum atomic E-state index is -3.73. The van der Waals surface area contributed by atoms with Gasteiger partial charge in [-0.05, 0) is 36.6 Å². The monoisotopic (exact) mass is 377 g/mol. The molecule has 0 aliphatic carbocycles. The summed E-state index contributed by atoms with van der Waals surface area (Å²) in [6.07, 6.45) is 3.10. The molecule has 3 rings (SSSR count). The number of para-hydroxylation sites is 1. The van der Waals surface area contributed by atoms with Gasteiger partial charge in [0, 0.05) is 23.5 Å². The van der Waals surface area contributed by atoms with E-state index in [9.17, 15) is 8.42 Å². The van der Waals surface area contributed by atoms with Gasteiger partial charge in [-0.2, -0.15) is 4.31 Å². The van der Waals surface area contributed by atoms with Gasteiger partial charge in [-0.3, -0.25) is 0 Å². The van der Waals surface area contributed by atoms with Gasteiger partial charge in [0.1, 0.15) is 10.6 Å². The van der Waals surface area contributed by atoms with Gasteiger partial charge in [0.25, 0.3) is 0 Å². The summed E-state index contributed by atoms with van der Waals surface area (Å²) in [5.74, 6) is 0.369. The van der Waals surface area contributed by atoms with Gasteiger partial charge in [0.05, 0.1) is 19.1 Å². The van der Waals surface area contributed by atoms with Crippen molar-refractivity contribution in [2.75, 3.05) is 6.61 Å². The van der Waals surface area contributed by atoms with Gasteiger partial charge in [-0.1, -0.05) is 18.2 Å². The summed E-state index contributed by atoms with van der Waals surface area (Å²) in [6.45, 7) is 2.76. The van der Waals surface area contributed by atoms with Crippen LogP contribution in [0, 0.1) is 0 Å². The Morgan fingerprint density at radius 3 is 2.64 bits per heavy atom. The van der Waals surface area contributed by atoms with Gasteiger partial charge >= 0.3 is 0 Å². The highest BCUT2D eigenvalue weighted by Crippen LogP contribution is 2.29. The Labute approximate surface area is 151 Å². The maximum absolute atomic E-state index is 13.3. The van der Waals surface area contributed by atoms with E-state index >= 15 is 0 Å². The molecule has 1 aromatic carbocycles. The second-order valence-corrected chi connectivity index (χ2v) is 8.30. The van der Waals surface area contributed by atoms with Crippen molar-refractivity contribution in [3.05, 3.63) is 70.8 Å². The standard InChI is InChI=1S/C18H19NO4S2/c1-2-23-17-7-3-4-8-18(17)25(20,21)19(12-15-9-10-22-14-15)13-16-6-5-11-24-16/h3-11,14H,2,12-13H2,1H3. The van der Waals surface area contributed by atoms with Crippen LogP contribution in [0.1, 0.15) is 17.4 Å². The molecule has 0 spiro atoms. The summed E-state index contributed by atoms with van der Waals surface area (Å²) < 4.78 is 38.7. The first kappa shape index (κ1) is 17.7. The molecule has 132 valence electrons. The summed E-state index contributed by atoms with van der Waals surface area (Å²) in [4.78, 5) is 1.15. The van der Waals surface area contributed by atoms with Gasteiger partial charge in [-0.15, -0.1) is 11.3 Å². The number of furan rings is 1. The van der Waals surface area contributed by atoms with Crippen molar-refractivity contribution in [1.82, 2.24) is 4.31 Å². The Bertz CT molecular complexity index is 851. The van der Waals surface area contributed by atoms with E-state index in [1.807, 2.05) is 24.4 Å². The van der Waals surface area contributed by atoms with E-state index in [2.05, 4.69) is 0 Å². The van der Waals surface area contributed by atoms with Crippen LogP contribution >= 0.6 is 11.3 Å². The Morgan fingerprint density at radius 2 is 1.96 bits per heavy atom. The van der Waals surface area contributed by atoms with Crippen LogP contribution in [0.25, 0.3) is 0 Å². The van der Waals surface area contributed by atoms with E-state index in [1.165, 1.54) is 15.6 Å². The third-order valence-electron chi connectivity index (χ3n) is 3.62. The number of hydrogen-bond donors (Lipinski definition) is 0. The van der Waals surface area contributed by atoms with Crippen molar-refractivity contribution in [2.24, 2.45) is 0 Å². The average molecular weight is 377 g/mol. The smallest absolute Gasteiger partial charge is 0.247 e. The van der Waals surface area contributed by atoms with E-state index in [0.29, 0.717) is 18.9 Å². The Balaban J connectivity index is 1.98. The van der Waals surface area contributed by atoms with Crippen LogP contribution in [0.4, 0.5) is 0 Å². The summed E-state index contributed by atoms with van der Waals surface area (Å²) >= 11 is 1.53. The molecule has 0 aliphatic rings. The highest BCUT2D eigenvalue weighted by Gasteiger charge is 2.28. The van der Waals surface area contributed by atoms with Crippen molar-refractivity contribution in [3.8, 4) is 5.75 Å². The summed E-state index contributed by atoms with van der Waals surface area (Å²) in [5, 5.41) is 1.94. The molecule has 2 heterocycles. The van der Waals surface area contributed by atoms with E-state index < -0.39 is 10.0 Å². The lowest BCUT2D eigenvalue weighted by atomic mass is 10.3. The highest BCUT2D eigenvalue weighted by atomic mass is 32.2. The lowest BCUT2D eigenvalue weighted by Gasteiger charge is -2.22. The molecule has 0 bridgehead atoms. The SMILES string of the molecule is CCOc1ccccc1S(=O)(=O)N(Cc1ccoc1)Cc1cccs1. The van der Waals surface area contributed by atoms with Gasteiger partial charge < -0.3 is 9.15 Å². The third kappa shape index (κ3) is 4.12. The largest absolute Gasteiger partial charge is 0.492 e. The van der Waals surface area contributed by atoms with Crippen LogP contribution in [0.3, 0.4) is 0 Å². The first-order valence-electron chi connectivity index (χ1n) is 7.86. The topological polar surface area (TPSA) is 59.8 Å². The van der Waals surface area contributed by atoms with Crippen molar-refractivity contribution in [2.45, 2.75) is 24.9 Å². The molecule has 0 radical (unpaired) electrons. The number of thiophene rings is 1. The lowest BCUT2D eigenvalue weighted by Crippen LogP contribution is -2.30. The zero-order valence-electron chi connectivity index (χ0n) is 13.8. The van der Waals surface area contributed by atoms with Crippen molar-refractivity contribution >= 4 is 21.4 Å². The zero-order chi connectivity index (χ0) is 17.7. The highest BCUT2D eigenvalue weighted by molar-refractivity contribution is 7.89. The minimum Gasteiger partial charge on any atom is -0.492 e. The van der Waals surface area contributed by atoms with Gasteiger partial charge in [0.2, 0.25) is 10.0 Å². The van der Waals surface area contributed by atoms with Gasteiger partial charge in [0.15, 0.2) is 0 Å². The van der Waals surface area contributed by atoms with Crippen molar-refractivity contribution in [3.63, 3.8) is 0 Å². The van der Waals surface area contributed by atoms with Crippen molar-refractivity contribution in [1.29, 1.82) is 0 Å². The van der Waals surface area contributed by atoms with E-state index in [1.54, 1.807) is 42.9 Å². The first-order valence-corrected chi connectivity index (χ1v) is 10.2. The van der Waals surface area contributed by atoms with Crippen LogP contribution in [-0.4, -0.2) is 19.3 Å². The fourth-order valence-corrected chi connectivity index (χ4v) is 4.80. The molecule has 0 fully saturated rings. The molecule has 5 nitrogen and oxygen atoms in total. The lowest BCUT2D eigenvalue weighted by molar-refractivity contribution is 0.328. The fraction of sp³-hybridized carbons (Fsp3) is 0.222. The predicted molar refractivity (Wildman–Crippen MR) is 97.1 cm³/mol. The summed E-state index contributed by atoms with van der Waals surface area (Å²) in [6, 6.07) is 12.3. The summed E-state index contributed by atoms with van der Waals surface area (Å²) in [7, 11) is -3.73. The van der Waals surface area contributed by atoms with E-state index in [0.717, 1.165) is 10.4 Å². The Kier molecular flexibility index (Phi) is 5.57. The molecule has 0 unspecified atom stereocenters. The Hall–Kier alpha value is -2.09. The molecule has 0 aliphatic heterocycles. The molecule has 0 saturated carbocycles. The van der Waals surface area contributed by atoms with Gasteiger partial charge in [-0.25, -0.2) is 8.42 Å². The predicted octanol–water partition coefficient (Wildman–Crippen LogP) is 4.13. The fourth-order valence-electron chi connectivity index (χ4n) is 2.47. The number of hydrogen-bond acceptors (Lipinski definition) is 5. The third-order valence-corrected chi connectivity index (χ3v) is 6.31. The summed E-state index contributed by atoms with van der Waals surface area (Å²) in [5.41, 5.74) is 0.800. The maximum atomic E-state index is 13.3. The average Bonchev–Trinajstić information content (AvgIpc) is 3.29.